The predicted molar refractivity (Wildman–Crippen MR) is 149 cm³/mol. The Morgan fingerprint density at radius 3 is 1.35 bits per heavy atom. The highest BCUT2D eigenvalue weighted by Gasteiger charge is 2.24. The van der Waals surface area contributed by atoms with E-state index in [4.69, 9.17) is 9.31 Å². The highest BCUT2D eigenvalue weighted by molar-refractivity contribution is 6.23. The van der Waals surface area contributed by atoms with E-state index in [1.165, 1.54) is 7.69 Å². The van der Waals surface area contributed by atoms with Crippen molar-refractivity contribution >= 4 is 41.0 Å². The molecule has 0 N–H and O–H groups in total. The van der Waals surface area contributed by atoms with Crippen LogP contribution in [0.4, 0.5) is 0 Å². The molecule has 4 rings (SSSR count). The maximum atomic E-state index is 13.4. The van der Waals surface area contributed by atoms with Crippen LogP contribution in [0, 0.1) is 0 Å². The van der Waals surface area contributed by atoms with Gasteiger partial charge in [-0.1, -0.05) is 60.7 Å². The molecule has 0 atom stereocenters. The Kier molecular flexibility index (Phi) is 8.34. The molecule has 0 bridgehead atoms. The van der Waals surface area contributed by atoms with Crippen LogP contribution in [0.15, 0.2) is 72.8 Å². The van der Waals surface area contributed by atoms with Gasteiger partial charge in [-0.15, -0.1) is 0 Å². The van der Waals surface area contributed by atoms with Gasteiger partial charge in [0.1, 0.15) is 11.5 Å². The van der Waals surface area contributed by atoms with Gasteiger partial charge in [0.25, 0.3) is 11.8 Å². The second kappa shape index (κ2) is 11.8. The van der Waals surface area contributed by atoms with Crippen molar-refractivity contribution in [2.45, 2.75) is 27.7 Å². The summed E-state index contributed by atoms with van der Waals surface area (Å²) in [5.41, 5.74) is 0.971. The third-order valence-electron chi connectivity index (χ3n) is 6.66. The lowest BCUT2D eigenvalue weighted by molar-refractivity contribution is 0.0765. The fourth-order valence-electron chi connectivity index (χ4n) is 4.61. The molecule has 0 heterocycles. The Hall–Kier alpha value is -4.00. The Bertz CT molecular complexity index is 1310. The van der Waals surface area contributed by atoms with Crippen LogP contribution in [0.25, 0.3) is 21.5 Å². The lowest BCUT2D eigenvalue weighted by atomic mass is 10.0. The number of carbonyl (C=O) groups excluding carboxylic acids is 2. The van der Waals surface area contributed by atoms with Crippen molar-refractivity contribution in [2.75, 3.05) is 26.2 Å². The molecular formula is C30H32BN2O4. The Morgan fingerprint density at radius 1 is 0.595 bits per heavy atom. The first-order chi connectivity index (χ1) is 18.0. The molecule has 0 aromatic heterocycles. The van der Waals surface area contributed by atoms with Crippen molar-refractivity contribution in [2.24, 2.45) is 0 Å². The van der Waals surface area contributed by atoms with Crippen LogP contribution < -0.4 is 9.31 Å². The zero-order valence-electron chi connectivity index (χ0n) is 21.9. The molecule has 0 aliphatic rings. The minimum Gasteiger partial charge on any atom is -0.526 e. The normalized spacial score (nSPS) is 10.8. The molecule has 4 aromatic rings. The van der Waals surface area contributed by atoms with Crippen LogP contribution in [0.1, 0.15) is 48.4 Å². The van der Waals surface area contributed by atoms with E-state index in [-0.39, 0.29) is 11.8 Å². The Balaban J connectivity index is 1.68. The summed E-state index contributed by atoms with van der Waals surface area (Å²) in [6.07, 6.45) is 0. The summed E-state index contributed by atoms with van der Waals surface area (Å²) in [5, 5.41) is 3.53. The lowest BCUT2D eigenvalue weighted by Crippen LogP contribution is -2.31. The van der Waals surface area contributed by atoms with Gasteiger partial charge < -0.3 is 19.1 Å². The zero-order chi connectivity index (χ0) is 26.4. The number of benzene rings is 4. The van der Waals surface area contributed by atoms with E-state index in [1.54, 1.807) is 21.9 Å². The van der Waals surface area contributed by atoms with Gasteiger partial charge in [0.15, 0.2) is 0 Å². The van der Waals surface area contributed by atoms with E-state index in [2.05, 4.69) is 0 Å². The van der Waals surface area contributed by atoms with Crippen LogP contribution in [0.3, 0.4) is 0 Å². The summed E-state index contributed by atoms with van der Waals surface area (Å²) in [6.45, 7) is 10.2. The molecule has 189 valence electrons. The summed E-state index contributed by atoms with van der Waals surface area (Å²) in [7, 11) is 1.20. The van der Waals surface area contributed by atoms with Crippen LogP contribution >= 0.6 is 0 Å². The van der Waals surface area contributed by atoms with Crippen LogP contribution in [-0.4, -0.2) is 55.5 Å². The van der Waals surface area contributed by atoms with Crippen molar-refractivity contribution in [3.05, 3.63) is 83.9 Å². The van der Waals surface area contributed by atoms with Crippen molar-refractivity contribution in [3.8, 4) is 11.5 Å². The van der Waals surface area contributed by atoms with Gasteiger partial charge in [-0.05, 0) is 61.4 Å². The molecule has 0 aliphatic carbocycles. The van der Waals surface area contributed by atoms with E-state index in [0.717, 1.165) is 21.5 Å². The fourth-order valence-corrected chi connectivity index (χ4v) is 4.61. The topological polar surface area (TPSA) is 59.1 Å². The van der Waals surface area contributed by atoms with Gasteiger partial charge in [-0.25, -0.2) is 0 Å². The van der Waals surface area contributed by atoms with Crippen molar-refractivity contribution < 1.29 is 18.9 Å². The number of carbonyl (C=O) groups is 2. The maximum absolute atomic E-state index is 13.4. The van der Waals surface area contributed by atoms with Gasteiger partial charge in [0, 0.05) is 26.2 Å². The molecule has 6 nitrogen and oxygen atoms in total. The number of amides is 2. The van der Waals surface area contributed by atoms with Crippen molar-refractivity contribution in [3.63, 3.8) is 0 Å². The predicted octanol–water partition coefficient (Wildman–Crippen LogP) is 5.95. The Labute approximate surface area is 219 Å². The van der Waals surface area contributed by atoms with E-state index in [1.807, 2.05) is 88.4 Å². The largest absolute Gasteiger partial charge is 0.658 e. The molecule has 0 saturated carbocycles. The van der Waals surface area contributed by atoms with Gasteiger partial charge in [-0.2, -0.15) is 0 Å². The zero-order valence-corrected chi connectivity index (χ0v) is 21.9. The number of fused-ring (bicyclic) bond motifs is 2. The molecular weight excluding hydrogens is 463 g/mol. The van der Waals surface area contributed by atoms with E-state index in [0.29, 0.717) is 48.8 Å². The summed E-state index contributed by atoms with van der Waals surface area (Å²) < 4.78 is 11.9. The Morgan fingerprint density at radius 2 is 0.973 bits per heavy atom. The second-order valence-electron chi connectivity index (χ2n) is 8.61. The summed E-state index contributed by atoms with van der Waals surface area (Å²) in [6, 6.07) is 22.9. The van der Waals surface area contributed by atoms with Gasteiger partial charge in [-0.3, -0.25) is 9.59 Å². The van der Waals surface area contributed by atoms with Crippen molar-refractivity contribution in [1.29, 1.82) is 0 Å². The van der Waals surface area contributed by atoms with Gasteiger partial charge >= 0.3 is 7.69 Å². The van der Waals surface area contributed by atoms with E-state index >= 15 is 0 Å². The minimum atomic E-state index is -0.103. The molecule has 37 heavy (non-hydrogen) atoms. The molecule has 1 radical (unpaired) electrons. The molecule has 7 heteroatoms. The number of hydrogen-bond acceptors (Lipinski definition) is 4. The third kappa shape index (κ3) is 5.26. The first kappa shape index (κ1) is 26.1. The SMILES string of the molecule is CCN(CC)C(=O)c1c(O[B]Oc2ccc3ccccc3c2C(=O)N(CC)CC)ccc2ccccc12. The maximum Gasteiger partial charge on any atom is 0.658 e. The molecule has 0 spiro atoms. The molecule has 0 saturated heterocycles. The molecule has 0 unspecified atom stereocenters. The summed E-state index contributed by atoms with van der Waals surface area (Å²) >= 11 is 0. The molecule has 4 aromatic carbocycles. The fraction of sp³-hybridized carbons (Fsp3) is 0.267. The smallest absolute Gasteiger partial charge is 0.526 e. The first-order valence-corrected chi connectivity index (χ1v) is 12.8. The van der Waals surface area contributed by atoms with Crippen molar-refractivity contribution in [1.82, 2.24) is 9.80 Å². The van der Waals surface area contributed by atoms with Crippen LogP contribution in [-0.2, 0) is 0 Å². The van der Waals surface area contributed by atoms with E-state index < -0.39 is 0 Å². The summed E-state index contributed by atoms with van der Waals surface area (Å²) in [5.74, 6) is 0.586. The number of rotatable bonds is 10. The average Bonchev–Trinajstić information content (AvgIpc) is 2.93. The second-order valence-corrected chi connectivity index (χ2v) is 8.61. The summed E-state index contributed by atoms with van der Waals surface area (Å²) in [4.78, 5) is 30.4. The van der Waals surface area contributed by atoms with E-state index in [9.17, 15) is 9.59 Å². The minimum absolute atomic E-state index is 0.103. The molecule has 0 fully saturated rings. The average molecular weight is 495 g/mol. The van der Waals surface area contributed by atoms with Gasteiger partial charge in [0.05, 0.1) is 11.1 Å². The standard InChI is InChI=1S/C30H32BN2O4/c1-5-32(6-2)29(34)27-23-15-11-9-13-21(23)17-19-25(27)36-31-37-26-20-18-22-14-10-12-16-24(22)28(26)30(35)33(7-3)8-4/h9-20H,5-8H2,1-4H3. The van der Waals surface area contributed by atoms with Crippen LogP contribution in [0.2, 0.25) is 0 Å². The van der Waals surface area contributed by atoms with Crippen LogP contribution in [0.5, 0.6) is 11.5 Å². The first-order valence-electron chi connectivity index (χ1n) is 12.8. The third-order valence-corrected chi connectivity index (χ3v) is 6.66. The highest BCUT2D eigenvalue weighted by atomic mass is 16.6. The number of hydrogen-bond donors (Lipinski definition) is 0. The lowest BCUT2D eigenvalue weighted by Gasteiger charge is -2.23. The molecule has 0 aliphatic heterocycles. The quantitative estimate of drug-likeness (QED) is 0.255. The highest BCUT2D eigenvalue weighted by Crippen LogP contribution is 2.31. The molecule has 2 amide bonds. The van der Waals surface area contributed by atoms with Gasteiger partial charge in [0.2, 0.25) is 0 Å². The monoisotopic (exact) mass is 495 g/mol. The number of nitrogens with zero attached hydrogens (tertiary/aromatic N) is 2.